The Kier molecular flexibility index (Phi) is 6.64. The van der Waals surface area contributed by atoms with Gasteiger partial charge < -0.3 is 16.0 Å². The highest BCUT2D eigenvalue weighted by Crippen LogP contribution is 2.21. The number of benzene rings is 2. The number of carbonyl (C=O) groups is 2. The number of nitrogens with one attached hydrogen (secondary N) is 1. The minimum absolute atomic E-state index is 0.0547. The van der Waals surface area contributed by atoms with Crippen LogP contribution in [0.2, 0.25) is 0 Å². The summed E-state index contributed by atoms with van der Waals surface area (Å²) in [6, 6.07) is 11.9. The van der Waals surface area contributed by atoms with Gasteiger partial charge in [0.25, 0.3) is 0 Å². The summed E-state index contributed by atoms with van der Waals surface area (Å²) in [6.45, 7) is 5.01. The topological polar surface area (TPSA) is 75.4 Å². The summed E-state index contributed by atoms with van der Waals surface area (Å²) in [6.07, 6.45) is 1.20. The molecule has 2 aromatic rings. The average molecular weight is 397 g/mol. The number of nitrogens with two attached hydrogens (primary N) is 1. The molecule has 1 heterocycles. The van der Waals surface area contributed by atoms with Gasteiger partial charge in [0.1, 0.15) is 11.9 Å². The van der Waals surface area contributed by atoms with Gasteiger partial charge in [-0.15, -0.1) is 0 Å². The molecule has 3 rings (SSSR count). The van der Waals surface area contributed by atoms with Crippen molar-refractivity contribution >= 4 is 11.8 Å². The minimum Gasteiger partial charge on any atom is -0.352 e. The van der Waals surface area contributed by atoms with E-state index in [2.05, 4.69) is 5.32 Å². The van der Waals surface area contributed by atoms with Gasteiger partial charge in [0.15, 0.2) is 0 Å². The molecule has 0 aromatic heterocycles. The zero-order chi connectivity index (χ0) is 21.0. The van der Waals surface area contributed by atoms with E-state index >= 15 is 0 Å². The third kappa shape index (κ3) is 5.21. The molecule has 0 bridgehead atoms. The number of carbonyl (C=O) groups excluding carboxylic acids is 2. The first-order valence-electron chi connectivity index (χ1n) is 9.99. The number of piperidine rings is 1. The number of halogens is 1. The highest BCUT2D eigenvalue weighted by atomic mass is 19.1. The van der Waals surface area contributed by atoms with E-state index in [1.54, 1.807) is 17.9 Å². The van der Waals surface area contributed by atoms with E-state index in [4.69, 9.17) is 5.73 Å². The molecule has 2 aromatic carbocycles. The van der Waals surface area contributed by atoms with E-state index in [0.29, 0.717) is 38.0 Å². The molecule has 0 spiro atoms. The van der Waals surface area contributed by atoms with Gasteiger partial charge in [-0.25, -0.2) is 4.39 Å². The fourth-order valence-corrected chi connectivity index (χ4v) is 3.55. The predicted molar refractivity (Wildman–Crippen MR) is 110 cm³/mol. The molecular formula is C23H28FN3O2. The van der Waals surface area contributed by atoms with Crippen molar-refractivity contribution in [2.45, 2.75) is 39.3 Å². The Morgan fingerprint density at radius 2 is 1.79 bits per heavy atom. The zero-order valence-corrected chi connectivity index (χ0v) is 17.0. The molecule has 0 aliphatic carbocycles. The van der Waals surface area contributed by atoms with Gasteiger partial charge in [0.2, 0.25) is 11.8 Å². The number of likely N-dealkylation sites (tertiary alicyclic amines) is 1. The lowest BCUT2D eigenvalue weighted by molar-refractivity contribution is -0.136. The van der Waals surface area contributed by atoms with Crippen molar-refractivity contribution in [3.63, 3.8) is 0 Å². The van der Waals surface area contributed by atoms with E-state index < -0.39 is 6.04 Å². The Labute approximate surface area is 171 Å². The summed E-state index contributed by atoms with van der Waals surface area (Å²) in [5.74, 6) is -0.581. The monoisotopic (exact) mass is 397 g/mol. The van der Waals surface area contributed by atoms with Gasteiger partial charge in [-0.05, 0) is 49.4 Å². The third-order valence-electron chi connectivity index (χ3n) is 5.58. The van der Waals surface area contributed by atoms with Crippen LogP contribution >= 0.6 is 0 Å². The molecule has 2 amide bonds. The summed E-state index contributed by atoms with van der Waals surface area (Å²) >= 11 is 0. The predicted octanol–water partition coefficient (Wildman–Crippen LogP) is 3.00. The van der Waals surface area contributed by atoms with Gasteiger partial charge in [-0.1, -0.05) is 42.0 Å². The molecule has 5 nitrogen and oxygen atoms in total. The number of amides is 2. The van der Waals surface area contributed by atoms with Crippen molar-refractivity contribution in [1.82, 2.24) is 10.2 Å². The van der Waals surface area contributed by atoms with Crippen LogP contribution in [0.25, 0.3) is 0 Å². The second kappa shape index (κ2) is 9.18. The number of nitrogens with zero attached hydrogens (tertiary/aromatic N) is 1. The van der Waals surface area contributed by atoms with Crippen LogP contribution in [-0.2, 0) is 16.1 Å². The maximum absolute atomic E-state index is 13.6. The summed E-state index contributed by atoms with van der Waals surface area (Å²) in [5.41, 5.74) is 9.38. The van der Waals surface area contributed by atoms with Crippen LogP contribution in [0.15, 0.2) is 42.5 Å². The molecule has 1 saturated heterocycles. The first-order valence-corrected chi connectivity index (χ1v) is 9.99. The lowest BCUT2D eigenvalue weighted by Gasteiger charge is -2.33. The van der Waals surface area contributed by atoms with Crippen LogP contribution < -0.4 is 11.1 Å². The zero-order valence-electron chi connectivity index (χ0n) is 17.0. The van der Waals surface area contributed by atoms with E-state index in [0.717, 1.165) is 16.7 Å². The average Bonchev–Trinajstić information content (AvgIpc) is 2.74. The van der Waals surface area contributed by atoms with Crippen LogP contribution in [-0.4, -0.2) is 29.8 Å². The maximum atomic E-state index is 13.6. The van der Waals surface area contributed by atoms with E-state index in [9.17, 15) is 14.0 Å². The Bertz CT molecular complexity index is 874. The fraction of sp³-hybridized carbons (Fsp3) is 0.391. The Hall–Kier alpha value is -2.73. The highest BCUT2D eigenvalue weighted by molar-refractivity contribution is 5.84. The number of rotatable bonds is 5. The molecule has 1 fully saturated rings. The van der Waals surface area contributed by atoms with Crippen molar-refractivity contribution in [2.24, 2.45) is 11.7 Å². The molecule has 29 heavy (non-hydrogen) atoms. The van der Waals surface area contributed by atoms with Crippen LogP contribution in [0, 0.1) is 25.6 Å². The molecule has 154 valence electrons. The standard InChI is InChI=1S/C23H28FN3O2/c1-15-3-7-18(8-4-15)21(25)23(29)27-11-9-19(10-12-27)22(28)26-14-17-6-5-16(2)20(24)13-17/h3-8,13,19,21H,9-12,14,25H2,1-2H3,(H,26,28). The Morgan fingerprint density at radius 1 is 1.14 bits per heavy atom. The molecule has 1 aliphatic rings. The number of hydrogen-bond donors (Lipinski definition) is 2. The van der Waals surface area contributed by atoms with E-state index in [1.807, 2.05) is 37.3 Å². The summed E-state index contributed by atoms with van der Waals surface area (Å²) < 4.78 is 13.6. The van der Waals surface area contributed by atoms with E-state index in [1.165, 1.54) is 6.07 Å². The normalized spacial score (nSPS) is 15.8. The molecule has 0 radical (unpaired) electrons. The first-order chi connectivity index (χ1) is 13.8. The summed E-state index contributed by atoms with van der Waals surface area (Å²) in [5, 5.41) is 2.88. The maximum Gasteiger partial charge on any atom is 0.244 e. The van der Waals surface area contributed by atoms with Crippen LogP contribution in [0.3, 0.4) is 0 Å². The van der Waals surface area contributed by atoms with Gasteiger partial charge >= 0.3 is 0 Å². The Balaban J connectivity index is 1.48. The number of hydrogen-bond acceptors (Lipinski definition) is 3. The lowest BCUT2D eigenvalue weighted by atomic mass is 9.94. The summed E-state index contributed by atoms with van der Waals surface area (Å²) in [7, 11) is 0. The second-order valence-electron chi connectivity index (χ2n) is 7.79. The Morgan fingerprint density at radius 3 is 2.41 bits per heavy atom. The van der Waals surface area contributed by atoms with Gasteiger partial charge in [-0.2, -0.15) is 0 Å². The molecule has 1 atom stereocenters. The first kappa shape index (κ1) is 21.0. The van der Waals surface area contributed by atoms with Crippen LogP contribution in [0.4, 0.5) is 4.39 Å². The van der Waals surface area contributed by atoms with Gasteiger partial charge in [0, 0.05) is 25.6 Å². The molecule has 6 heteroatoms. The largest absolute Gasteiger partial charge is 0.352 e. The van der Waals surface area contributed by atoms with Gasteiger partial charge in [0.05, 0.1) is 0 Å². The van der Waals surface area contributed by atoms with Crippen molar-refractivity contribution in [3.05, 3.63) is 70.5 Å². The lowest BCUT2D eigenvalue weighted by Crippen LogP contribution is -2.46. The molecule has 1 unspecified atom stereocenters. The smallest absolute Gasteiger partial charge is 0.244 e. The van der Waals surface area contributed by atoms with Crippen LogP contribution in [0.5, 0.6) is 0 Å². The van der Waals surface area contributed by atoms with Crippen molar-refractivity contribution < 1.29 is 14.0 Å². The minimum atomic E-state index is -0.683. The van der Waals surface area contributed by atoms with Crippen molar-refractivity contribution in [3.8, 4) is 0 Å². The van der Waals surface area contributed by atoms with Crippen LogP contribution in [0.1, 0.15) is 41.1 Å². The second-order valence-corrected chi connectivity index (χ2v) is 7.79. The quantitative estimate of drug-likeness (QED) is 0.814. The molecular weight excluding hydrogens is 369 g/mol. The van der Waals surface area contributed by atoms with Gasteiger partial charge in [-0.3, -0.25) is 9.59 Å². The fourth-order valence-electron chi connectivity index (χ4n) is 3.55. The van der Waals surface area contributed by atoms with Crippen molar-refractivity contribution in [1.29, 1.82) is 0 Å². The third-order valence-corrected chi connectivity index (χ3v) is 5.58. The molecule has 1 aliphatic heterocycles. The molecule has 0 saturated carbocycles. The molecule has 3 N–H and O–H groups in total. The van der Waals surface area contributed by atoms with E-state index in [-0.39, 0.29) is 23.5 Å². The summed E-state index contributed by atoms with van der Waals surface area (Å²) in [4.78, 5) is 26.9. The number of aryl methyl sites for hydroxylation is 2. The SMILES string of the molecule is Cc1ccc(C(N)C(=O)N2CCC(C(=O)NCc3ccc(C)c(F)c3)CC2)cc1. The van der Waals surface area contributed by atoms with Crippen molar-refractivity contribution in [2.75, 3.05) is 13.1 Å². The highest BCUT2D eigenvalue weighted by Gasteiger charge is 2.30.